The number of pyridine rings is 1. The van der Waals surface area contributed by atoms with Crippen LogP contribution in [0.3, 0.4) is 0 Å². The zero-order chi connectivity index (χ0) is 12.6. The molecule has 0 aliphatic rings. The number of hydrogen-bond acceptors (Lipinski definition) is 3. The van der Waals surface area contributed by atoms with Crippen molar-refractivity contribution in [1.29, 1.82) is 0 Å². The van der Waals surface area contributed by atoms with Gasteiger partial charge in [0.15, 0.2) is 5.82 Å². The van der Waals surface area contributed by atoms with E-state index >= 15 is 0 Å². The van der Waals surface area contributed by atoms with Crippen molar-refractivity contribution in [2.45, 2.75) is 20.4 Å². The summed E-state index contributed by atoms with van der Waals surface area (Å²) < 4.78 is 14.6. The van der Waals surface area contributed by atoms with Gasteiger partial charge in [0.25, 0.3) is 0 Å². The molecule has 0 saturated heterocycles. The maximum Gasteiger partial charge on any atom is 0.158 e. The Labute approximate surface area is 103 Å². The fraction of sp³-hybridized carbons (Fsp3) is 0.273. The monoisotopic (exact) mass is 254 g/mol. The summed E-state index contributed by atoms with van der Waals surface area (Å²) >= 11 is 6.06. The van der Waals surface area contributed by atoms with Crippen molar-refractivity contribution in [3.63, 3.8) is 0 Å². The SMILES string of the molecule is Cc1nn(-c2ncc(F)cc2CN)c(C)c1Cl. The Balaban J connectivity index is 2.64. The molecule has 0 radical (unpaired) electrons. The molecule has 0 aromatic carbocycles. The molecule has 2 rings (SSSR count). The molecule has 6 heteroatoms. The first-order chi connectivity index (χ1) is 8.04. The predicted molar refractivity (Wildman–Crippen MR) is 63.7 cm³/mol. The molecule has 0 aliphatic heterocycles. The lowest BCUT2D eigenvalue weighted by atomic mass is 10.2. The Morgan fingerprint density at radius 3 is 2.71 bits per heavy atom. The lowest BCUT2D eigenvalue weighted by molar-refractivity contribution is 0.614. The van der Waals surface area contributed by atoms with Gasteiger partial charge in [-0.25, -0.2) is 14.1 Å². The first-order valence-corrected chi connectivity index (χ1v) is 5.49. The van der Waals surface area contributed by atoms with Crippen LogP contribution >= 0.6 is 11.6 Å². The van der Waals surface area contributed by atoms with E-state index in [1.807, 2.05) is 6.92 Å². The third-order valence-electron chi connectivity index (χ3n) is 2.53. The Kier molecular flexibility index (Phi) is 3.13. The van der Waals surface area contributed by atoms with E-state index in [1.165, 1.54) is 6.07 Å². The van der Waals surface area contributed by atoms with E-state index in [9.17, 15) is 4.39 Å². The first kappa shape index (κ1) is 12.0. The van der Waals surface area contributed by atoms with Crippen molar-refractivity contribution >= 4 is 11.6 Å². The fourth-order valence-electron chi connectivity index (χ4n) is 1.64. The first-order valence-electron chi connectivity index (χ1n) is 5.11. The summed E-state index contributed by atoms with van der Waals surface area (Å²) in [4.78, 5) is 4.02. The van der Waals surface area contributed by atoms with Gasteiger partial charge in [-0.15, -0.1) is 0 Å². The van der Waals surface area contributed by atoms with Gasteiger partial charge in [0, 0.05) is 12.1 Å². The molecule has 0 unspecified atom stereocenters. The van der Waals surface area contributed by atoms with Crippen molar-refractivity contribution in [3.05, 3.63) is 40.1 Å². The third kappa shape index (κ3) is 2.03. The molecule has 2 N–H and O–H groups in total. The van der Waals surface area contributed by atoms with Gasteiger partial charge in [-0.1, -0.05) is 11.6 Å². The van der Waals surface area contributed by atoms with Gasteiger partial charge >= 0.3 is 0 Å². The maximum absolute atomic E-state index is 13.1. The van der Waals surface area contributed by atoms with Crippen LogP contribution in [-0.4, -0.2) is 14.8 Å². The highest BCUT2D eigenvalue weighted by Gasteiger charge is 2.14. The molecular formula is C11H12ClFN4. The van der Waals surface area contributed by atoms with Gasteiger partial charge in [-0.05, 0) is 19.9 Å². The van der Waals surface area contributed by atoms with E-state index in [-0.39, 0.29) is 6.54 Å². The van der Waals surface area contributed by atoms with Crippen LogP contribution in [0.4, 0.5) is 4.39 Å². The zero-order valence-corrected chi connectivity index (χ0v) is 10.3. The summed E-state index contributed by atoms with van der Waals surface area (Å²) in [6, 6.07) is 1.35. The average molecular weight is 255 g/mol. The summed E-state index contributed by atoms with van der Waals surface area (Å²) in [5, 5.41) is 4.84. The summed E-state index contributed by atoms with van der Waals surface area (Å²) in [6.45, 7) is 3.82. The molecule has 4 nitrogen and oxygen atoms in total. The molecule has 2 aromatic rings. The number of hydrogen-bond donors (Lipinski definition) is 1. The average Bonchev–Trinajstić information content (AvgIpc) is 2.57. The lowest BCUT2D eigenvalue weighted by Crippen LogP contribution is -2.10. The van der Waals surface area contributed by atoms with Crippen molar-refractivity contribution in [2.24, 2.45) is 5.73 Å². The number of aryl methyl sites for hydroxylation is 1. The summed E-state index contributed by atoms with van der Waals surface area (Å²) in [5.74, 6) is 0.100. The fourth-order valence-corrected chi connectivity index (χ4v) is 1.76. The second kappa shape index (κ2) is 4.43. The highest BCUT2D eigenvalue weighted by atomic mass is 35.5. The van der Waals surface area contributed by atoms with Crippen LogP contribution in [0.1, 0.15) is 17.0 Å². The molecule has 0 amide bonds. The zero-order valence-electron chi connectivity index (χ0n) is 9.54. The smallest absolute Gasteiger partial charge is 0.158 e. The minimum atomic E-state index is -0.415. The van der Waals surface area contributed by atoms with E-state index in [1.54, 1.807) is 11.6 Å². The van der Waals surface area contributed by atoms with Crippen LogP contribution < -0.4 is 5.73 Å². The van der Waals surface area contributed by atoms with Crippen LogP contribution in [-0.2, 0) is 6.54 Å². The molecule has 90 valence electrons. The Bertz CT molecular complexity index is 565. The van der Waals surface area contributed by atoms with Crippen LogP contribution in [0, 0.1) is 19.7 Å². The number of nitrogens with zero attached hydrogens (tertiary/aromatic N) is 3. The van der Waals surface area contributed by atoms with Crippen LogP contribution in [0.5, 0.6) is 0 Å². The standard InChI is InChI=1S/C11H12ClFN4/c1-6-10(12)7(2)17(16-6)11-8(4-14)3-9(13)5-15-11/h3,5H,4,14H2,1-2H3. The third-order valence-corrected chi connectivity index (χ3v) is 3.08. The summed E-state index contributed by atoms with van der Waals surface area (Å²) in [5.41, 5.74) is 7.63. The Morgan fingerprint density at radius 1 is 1.47 bits per heavy atom. The molecule has 0 atom stereocenters. The van der Waals surface area contributed by atoms with Gasteiger partial charge in [0.2, 0.25) is 0 Å². The van der Waals surface area contributed by atoms with Crippen molar-refractivity contribution in [2.75, 3.05) is 0 Å². The highest BCUT2D eigenvalue weighted by Crippen LogP contribution is 2.23. The summed E-state index contributed by atoms with van der Waals surface area (Å²) in [6.07, 6.45) is 1.14. The molecular weight excluding hydrogens is 243 g/mol. The largest absolute Gasteiger partial charge is 0.326 e. The summed E-state index contributed by atoms with van der Waals surface area (Å²) in [7, 11) is 0. The molecule has 0 bridgehead atoms. The van der Waals surface area contributed by atoms with Crippen molar-refractivity contribution in [3.8, 4) is 5.82 Å². The number of halogens is 2. The lowest BCUT2D eigenvalue weighted by Gasteiger charge is -2.08. The molecule has 0 fully saturated rings. The van der Waals surface area contributed by atoms with E-state index in [2.05, 4.69) is 10.1 Å². The minimum Gasteiger partial charge on any atom is -0.326 e. The normalized spacial score (nSPS) is 10.9. The Morgan fingerprint density at radius 2 is 2.18 bits per heavy atom. The quantitative estimate of drug-likeness (QED) is 0.893. The van der Waals surface area contributed by atoms with Gasteiger partial charge in [0.05, 0.1) is 22.6 Å². The van der Waals surface area contributed by atoms with Crippen LogP contribution in [0.25, 0.3) is 5.82 Å². The van der Waals surface area contributed by atoms with Crippen molar-refractivity contribution in [1.82, 2.24) is 14.8 Å². The second-order valence-electron chi connectivity index (χ2n) is 3.74. The van der Waals surface area contributed by atoms with E-state index in [0.717, 1.165) is 11.9 Å². The minimum absolute atomic E-state index is 0.191. The highest BCUT2D eigenvalue weighted by molar-refractivity contribution is 6.31. The van der Waals surface area contributed by atoms with E-state index in [4.69, 9.17) is 17.3 Å². The predicted octanol–water partition coefficient (Wildman–Crippen LogP) is 2.14. The number of rotatable bonds is 2. The molecule has 2 aromatic heterocycles. The van der Waals surface area contributed by atoms with Gasteiger partial charge < -0.3 is 5.73 Å². The van der Waals surface area contributed by atoms with E-state index < -0.39 is 5.82 Å². The molecule has 2 heterocycles. The molecule has 0 aliphatic carbocycles. The maximum atomic E-state index is 13.1. The van der Waals surface area contributed by atoms with Gasteiger partial charge in [-0.2, -0.15) is 5.10 Å². The molecule has 0 spiro atoms. The second-order valence-corrected chi connectivity index (χ2v) is 4.11. The molecule has 17 heavy (non-hydrogen) atoms. The number of nitrogens with two attached hydrogens (primary N) is 1. The van der Waals surface area contributed by atoms with Crippen LogP contribution in [0.2, 0.25) is 5.02 Å². The van der Waals surface area contributed by atoms with Gasteiger partial charge in [0.1, 0.15) is 5.82 Å². The van der Waals surface area contributed by atoms with Crippen molar-refractivity contribution < 1.29 is 4.39 Å². The molecule has 0 saturated carbocycles. The number of aromatic nitrogens is 3. The Hall–Kier alpha value is -1.46. The topological polar surface area (TPSA) is 56.7 Å². The van der Waals surface area contributed by atoms with Crippen LogP contribution in [0.15, 0.2) is 12.3 Å². The van der Waals surface area contributed by atoms with Gasteiger partial charge in [-0.3, -0.25) is 0 Å². The van der Waals surface area contributed by atoms with E-state index in [0.29, 0.717) is 22.1 Å².